The molecule has 0 spiro atoms. The summed E-state index contributed by atoms with van der Waals surface area (Å²) in [6.45, 7) is 1.86. The molecule has 0 radical (unpaired) electrons. The number of piperidine rings is 1. The van der Waals surface area contributed by atoms with Crippen molar-refractivity contribution in [3.63, 3.8) is 0 Å². The second-order valence-electron chi connectivity index (χ2n) is 7.38. The predicted molar refractivity (Wildman–Crippen MR) is 121 cm³/mol. The summed E-state index contributed by atoms with van der Waals surface area (Å²) in [6, 6.07) is 7.58. The smallest absolute Gasteiger partial charge is 0.238 e. The first-order valence-electron chi connectivity index (χ1n) is 10.3. The molecule has 0 atom stereocenters. The summed E-state index contributed by atoms with van der Waals surface area (Å²) < 4.78 is 16.0. The summed E-state index contributed by atoms with van der Waals surface area (Å²) in [4.78, 5) is 17.5. The van der Waals surface area contributed by atoms with E-state index in [0.29, 0.717) is 35.3 Å². The summed E-state index contributed by atoms with van der Waals surface area (Å²) in [5.74, 6) is 2.03. The van der Waals surface area contributed by atoms with E-state index in [4.69, 9.17) is 14.2 Å². The molecule has 3 aromatic rings. The molecular formula is C21H26N6O4S. The van der Waals surface area contributed by atoms with E-state index < -0.39 is 0 Å². The monoisotopic (exact) mass is 458 g/mol. The summed E-state index contributed by atoms with van der Waals surface area (Å²) in [5.41, 5.74) is 0.590. The zero-order valence-electron chi connectivity index (χ0n) is 18.3. The van der Waals surface area contributed by atoms with Gasteiger partial charge in [0.1, 0.15) is 0 Å². The van der Waals surface area contributed by atoms with Gasteiger partial charge in [0.15, 0.2) is 11.5 Å². The van der Waals surface area contributed by atoms with Crippen LogP contribution in [0.3, 0.4) is 0 Å². The third-order valence-corrected chi connectivity index (χ3v) is 6.24. The van der Waals surface area contributed by atoms with Crippen LogP contribution < -0.4 is 19.5 Å². The second kappa shape index (κ2) is 9.96. The zero-order valence-corrected chi connectivity index (χ0v) is 19.1. The molecule has 1 aliphatic rings. The van der Waals surface area contributed by atoms with Crippen molar-refractivity contribution in [2.75, 3.05) is 46.3 Å². The molecular weight excluding hydrogens is 432 g/mol. The summed E-state index contributed by atoms with van der Waals surface area (Å²) in [6.07, 6.45) is 1.72. The Bertz CT molecular complexity index is 1020. The Labute approximate surface area is 190 Å². The number of anilines is 1. The Morgan fingerprint density at radius 3 is 2.47 bits per heavy atom. The third kappa shape index (κ3) is 4.83. The van der Waals surface area contributed by atoms with E-state index in [-0.39, 0.29) is 11.9 Å². The van der Waals surface area contributed by atoms with Gasteiger partial charge in [0.05, 0.1) is 38.8 Å². The minimum Gasteiger partial charge on any atom is -0.493 e. The number of nitrogens with zero attached hydrogens (tertiary/aromatic N) is 5. The van der Waals surface area contributed by atoms with Crippen LogP contribution in [-0.4, -0.2) is 72.0 Å². The molecule has 11 heteroatoms. The van der Waals surface area contributed by atoms with Crippen molar-refractivity contribution in [1.29, 1.82) is 0 Å². The van der Waals surface area contributed by atoms with E-state index in [1.54, 1.807) is 49.6 Å². The number of methoxy groups -OCH3 is 3. The van der Waals surface area contributed by atoms with Gasteiger partial charge in [0, 0.05) is 30.9 Å². The highest BCUT2D eigenvalue weighted by Crippen LogP contribution is 2.39. The minimum absolute atomic E-state index is 0.100. The standard InChI is InChI=1S/C21H26N6O4S/c1-29-16-11-14(12-17(30-2)20(16)31-3)22-19(28)13-26-8-6-15(7-9-26)27-24-21(23-25-27)18-5-4-10-32-18/h4-5,10-12,15H,6-9,13H2,1-3H3,(H,22,28). The number of carbonyl (C=O) groups excluding carboxylic acids is 1. The maximum absolute atomic E-state index is 12.6. The van der Waals surface area contributed by atoms with Gasteiger partial charge in [-0.05, 0) is 29.5 Å². The number of amides is 1. The van der Waals surface area contributed by atoms with Gasteiger partial charge in [-0.1, -0.05) is 6.07 Å². The van der Waals surface area contributed by atoms with E-state index in [1.807, 2.05) is 17.5 Å². The third-order valence-electron chi connectivity index (χ3n) is 5.37. The van der Waals surface area contributed by atoms with Crippen LogP contribution in [0.2, 0.25) is 0 Å². The molecule has 0 aliphatic carbocycles. The zero-order chi connectivity index (χ0) is 22.5. The molecule has 1 amide bonds. The van der Waals surface area contributed by atoms with Gasteiger partial charge in [0.25, 0.3) is 0 Å². The highest BCUT2D eigenvalue weighted by molar-refractivity contribution is 7.13. The first-order chi connectivity index (χ1) is 15.6. The van der Waals surface area contributed by atoms with Crippen LogP contribution in [0.1, 0.15) is 18.9 Å². The van der Waals surface area contributed by atoms with Crippen molar-refractivity contribution in [1.82, 2.24) is 25.1 Å². The molecule has 10 nitrogen and oxygen atoms in total. The van der Waals surface area contributed by atoms with E-state index in [0.717, 1.165) is 30.8 Å². The maximum atomic E-state index is 12.6. The van der Waals surface area contributed by atoms with Crippen LogP contribution in [0, 0.1) is 0 Å². The van der Waals surface area contributed by atoms with E-state index >= 15 is 0 Å². The number of benzene rings is 1. The number of thiophene rings is 1. The number of carbonyl (C=O) groups is 1. The Kier molecular flexibility index (Phi) is 6.86. The summed E-state index contributed by atoms with van der Waals surface area (Å²) in [7, 11) is 4.63. The van der Waals surface area contributed by atoms with Crippen LogP contribution in [0.4, 0.5) is 5.69 Å². The molecule has 1 aromatic carbocycles. The van der Waals surface area contributed by atoms with Gasteiger partial charge in [-0.25, -0.2) is 0 Å². The van der Waals surface area contributed by atoms with Crippen LogP contribution in [-0.2, 0) is 4.79 Å². The minimum atomic E-state index is -0.100. The molecule has 32 heavy (non-hydrogen) atoms. The Morgan fingerprint density at radius 2 is 1.88 bits per heavy atom. The molecule has 0 saturated carbocycles. The number of nitrogens with one attached hydrogen (secondary N) is 1. The first-order valence-corrected chi connectivity index (χ1v) is 11.1. The fourth-order valence-corrected chi connectivity index (χ4v) is 4.40. The van der Waals surface area contributed by atoms with Gasteiger partial charge in [-0.2, -0.15) is 4.80 Å². The number of tetrazole rings is 1. The molecule has 1 fully saturated rings. The van der Waals surface area contributed by atoms with E-state index in [1.165, 1.54) is 0 Å². The van der Waals surface area contributed by atoms with Crippen molar-refractivity contribution < 1.29 is 19.0 Å². The van der Waals surface area contributed by atoms with Crippen LogP contribution >= 0.6 is 11.3 Å². The molecule has 0 unspecified atom stereocenters. The molecule has 0 bridgehead atoms. The lowest BCUT2D eigenvalue weighted by molar-refractivity contribution is -0.117. The molecule has 3 heterocycles. The van der Waals surface area contributed by atoms with Gasteiger partial charge in [0.2, 0.25) is 17.5 Å². The fourth-order valence-electron chi connectivity index (χ4n) is 3.75. The van der Waals surface area contributed by atoms with Gasteiger partial charge in [-0.15, -0.1) is 21.5 Å². The molecule has 4 rings (SSSR count). The maximum Gasteiger partial charge on any atom is 0.238 e. The van der Waals surface area contributed by atoms with Gasteiger partial charge < -0.3 is 19.5 Å². The number of rotatable bonds is 8. The normalized spacial score (nSPS) is 14.8. The Morgan fingerprint density at radius 1 is 1.16 bits per heavy atom. The fraction of sp³-hybridized carbons (Fsp3) is 0.429. The quantitative estimate of drug-likeness (QED) is 0.550. The van der Waals surface area contributed by atoms with E-state index in [9.17, 15) is 4.79 Å². The highest BCUT2D eigenvalue weighted by Gasteiger charge is 2.24. The van der Waals surface area contributed by atoms with Gasteiger partial charge in [-0.3, -0.25) is 9.69 Å². The molecule has 1 aliphatic heterocycles. The van der Waals surface area contributed by atoms with Crippen molar-refractivity contribution in [3.05, 3.63) is 29.6 Å². The van der Waals surface area contributed by atoms with Crippen molar-refractivity contribution in [2.24, 2.45) is 0 Å². The van der Waals surface area contributed by atoms with Crippen molar-refractivity contribution in [2.45, 2.75) is 18.9 Å². The molecule has 170 valence electrons. The first kappa shape index (κ1) is 22.0. The number of hydrogen-bond donors (Lipinski definition) is 1. The Balaban J connectivity index is 1.31. The SMILES string of the molecule is COc1cc(NC(=O)CN2CCC(n3nnc(-c4cccs4)n3)CC2)cc(OC)c1OC. The summed E-state index contributed by atoms with van der Waals surface area (Å²) >= 11 is 1.60. The largest absolute Gasteiger partial charge is 0.493 e. The van der Waals surface area contributed by atoms with Gasteiger partial charge >= 0.3 is 0 Å². The average molecular weight is 459 g/mol. The number of ether oxygens (including phenoxy) is 3. The lowest BCUT2D eigenvalue weighted by Crippen LogP contribution is -2.40. The Hall–Kier alpha value is -3.18. The molecule has 1 N–H and O–H groups in total. The van der Waals surface area contributed by atoms with Crippen LogP contribution in [0.25, 0.3) is 10.7 Å². The molecule has 2 aromatic heterocycles. The van der Waals surface area contributed by atoms with E-state index in [2.05, 4.69) is 25.6 Å². The van der Waals surface area contributed by atoms with Crippen molar-refractivity contribution >= 4 is 22.9 Å². The number of hydrogen-bond acceptors (Lipinski definition) is 9. The lowest BCUT2D eigenvalue weighted by atomic mass is 10.1. The topological polar surface area (TPSA) is 104 Å². The number of likely N-dealkylation sites (tertiary alicyclic amines) is 1. The van der Waals surface area contributed by atoms with Crippen molar-refractivity contribution in [3.8, 4) is 28.0 Å². The average Bonchev–Trinajstić information content (AvgIpc) is 3.51. The number of aromatic nitrogens is 4. The van der Waals surface area contributed by atoms with Crippen LogP contribution in [0.15, 0.2) is 29.6 Å². The lowest BCUT2D eigenvalue weighted by Gasteiger charge is -2.30. The highest BCUT2D eigenvalue weighted by atomic mass is 32.1. The predicted octanol–water partition coefficient (Wildman–Crippen LogP) is 2.70. The summed E-state index contributed by atoms with van der Waals surface area (Å²) in [5, 5.41) is 17.9. The van der Waals surface area contributed by atoms with Crippen LogP contribution in [0.5, 0.6) is 17.2 Å². The second-order valence-corrected chi connectivity index (χ2v) is 8.33. The molecule has 1 saturated heterocycles.